The molecule has 0 atom stereocenters. The molecule has 3 heteroatoms. The highest BCUT2D eigenvalue weighted by Crippen LogP contribution is 2.58. The Bertz CT molecular complexity index is 953. The maximum absolute atomic E-state index is 6.40. The first kappa shape index (κ1) is 18.7. The molecule has 0 saturated carbocycles. The van der Waals surface area contributed by atoms with E-state index in [-0.39, 0.29) is 0 Å². The molecule has 0 radical (unpaired) electrons. The standard InChI is InChI=1S/C25H22ClNP/c26-21-17-16-20(25(27)18-21)19-28(22-10-4-1-5-11-22,23-12-6-2-7-13-23)24-14-8-3-9-15-24/h1-18H,19,27H2/q+1. The lowest BCUT2D eigenvalue weighted by atomic mass is 10.2. The first-order chi connectivity index (χ1) is 13.7. The number of nitrogens with two attached hydrogens (primary N) is 1. The predicted molar refractivity (Wildman–Crippen MR) is 125 cm³/mol. The van der Waals surface area contributed by atoms with Crippen molar-refractivity contribution in [2.75, 3.05) is 5.73 Å². The van der Waals surface area contributed by atoms with Gasteiger partial charge in [-0.25, -0.2) is 0 Å². The van der Waals surface area contributed by atoms with Crippen molar-refractivity contribution in [3.63, 3.8) is 0 Å². The smallest absolute Gasteiger partial charge is 0.116 e. The molecule has 1 nitrogen and oxygen atoms in total. The first-order valence-corrected chi connectivity index (χ1v) is 11.6. The maximum atomic E-state index is 6.40. The molecule has 0 aliphatic carbocycles. The van der Waals surface area contributed by atoms with E-state index >= 15 is 0 Å². The average molecular weight is 403 g/mol. The predicted octanol–water partition coefficient (Wildman–Crippen LogP) is 5.42. The summed E-state index contributed by atoms with van der Waals surface area (Å²) in [6.45, 7) is 0. The van der Waals surface area contributed by atoms with Crippen LogP contribution in [0, 0.1) is 0 Å². The lowest BCUT2D eigenvalue weighted by molar-refractivity contribution is 1.39. The number of nitrogen functional groups attached to an aromatic ring is 1. The van der Waals surface area contributed by atoms with Crippen molar-refractivity contribution in [3.05, 3.63) is 120 Å². The van der Waals surface area contributed by atoms with Gasteiger partial charge in [-0.2, -0.15) is 0 Å². The fraction of sp³-hybridized carbons (Fsp3) is 0.0400. The summed E-state index contributed by atoms with van der Waals surface area (Å²) in [5.41, 5.74) is 8.28. The molecular formula is C25H22ClNP+. The van der Waals surface area contributed by atoms with Crippen LogP contribution in [0.2, 0.25) is 5.02 Å². The van der Waals surface area contributed by atoms with Gasteiger partial charge < -0.3 is 5.73 Å². The molecule has 0 aliphatic heterocycles. The molecule has 4 aromatic rings. The number of hydrogen-bond acceptors (Lipinski definition) is 1. The molecule has 0 bridgehead atoms. The van der Waals surface area contributed by atoms with Crippen LogP contribution in [0.1, 0.15) is 5.56 Å². The average Bonchev–Trinajstić information content (AvgIpc) is 2.75. The van der Waals surface area contributed by atoms with Gasteiger partial charge in [-0.1, -0.05) is 72.3 Å². The van der Waals surface area contributed by atoms with Crippen molar-refractivity contribution in [1.82, 2.24) is 0 Å². The van der Waals surface area contributed by atoms with Crippen LogP contribution < -0.4 is 21.6 Å². The molecule has 0 heterocycles. The summed E-state index contributed by atoms with van der Waals surface area (Å²) in [5.74, 6) is 0. The van der Waals surface area contributed by atoms with Gasteiger partial charge in [-0.15, -0.1) is 0 Å². The molecule has 0 spiro atoms. The minimum atomic E-state index is -1.94. The van der Waals surface area contributed by atoms with Crippen LogP contribution in [0.25, 0.3) is 0 Å². The number of rotatable bonds is 5. The van der Waals surface area contributed by atoms with Gasteiger partial charge in [0.2, 0.25) is 0 Å². The van der Waals surface area contributed by atoms with Gasteiger partial charge in [0.05, 0.1) is 0 Å². The number of anilines is 1. The van der Waals surface area contributed by atoms with Crippen molar-refractivity contribution in [2.24, 2.45) is 0 Å². The second-order valence-electron chi connectivity index (χ2n) is 6.82. The van der Waals surface area contributed by atoms with E-state index in [1.165, 1.54) is 15.9 Å². The fourth-order valence-electron chi connectivity index (χ4n) is 3.73. The Hall–Kier alpha value is -2.60. The molecule has 138 valence electrons. The zero-order valence-electron chi connectivity index (χ0n) is 15.5. The van der Waals surface area contributed by atoms with Crippen molar-refractivity contribution in [2.45, 2.75) is 6.16 Å². The number of benzene rings is 4. The molecule has 0 aliphatic rings. The first-order valence-electron chi connectivity index (χ1n) is 9.29. The normalized spacial score (nSPS) is 11.3. The van der Waals surface area contributed by atoms with Crippen LogP contribution in [0.4, 0.5) is 5.69 Å². The van der Waals surface area contributed by atoms with Gasteiger partial charge in [-0.3, -0.25) is 0 Å². The molecule has 4 rings (SSSR count). The third-order valence-corrected chi connectivity index (χ3v) is 9.70. The quantitative estimate of drug-likeness (QED) is 0.350. The summed E-state index contributed by atoms with van der Waals surface area (Å²) in [6.07, 6.45) is 0.855. The third-order valence-electron chi connectivity index (χ3n) is 5.11. The van der Waals surface area contributed by atoms with Crippen LogP contribution in [0.15, 0.2) is 109 Å². The van der Waals surface area contributed by atoms with E-state index in [4.69, 9.17) is 17.3 Å². The van der Waals surface area contributed by atoms with Crippen LogP contribution in [0.5, 0.6) is 0 Å². The van der Waals surface area contributed by atoms with Gasteiger partial charge in [0.1, 0.15) is 29.3 Å². The van der Waals surface area contributed by atoms with Crippen LogP contribution in [0.3, 0.4) is 0 Å². The Morgan fingerprint density at radius 3 is 1.43 bits per heavy atom. The lowest BCUT2D eigenvalue weighted by Crippen LogP contribution is -2.32. The fourth-order valence-corrected chi connectivity index (χ4v) is 8.20. The van der Waals surface area contributed by atoms with E-state index in [0.717, 1.165) is 17.4 Å². The second kappa shape index (κ2) is 8.19. The molecule has 0 fully saturated rings. The van der Waals surface area contributed by atoms with E-state index in [1.54, 1.807) is 0 Å². The van der Waals surface area contributed by atoms with Crippen LogP contribution in [-0.4, -0.2) is 0 Å². The van der Waals surface area contributed by atoms with E-state index in [9.17, 15) is 0 Å². The zero-order chi connectivity index (χ0) is 19.4. The molecule has 4 aromatic carbocycles. The summed E-state index contributed by atoms with van der Waals surface area (Å²) in [5, 5.41) is 4.72. The van der Waals surface area contributed by atoms with E-state index in [2.05, 4.69) is 97.1 Å². The maximum Gasteiger partial charge on any atom is 0.116 e. The summed E-state index contributed by atoms with van der Waals surface area (Å²) < 4.78 is 0. The number of hydrogen-bond donors (Lipinski definition) is 1. The molecule has 2 N–H and O–H groups in total. The van der Waals surface area contributed by atoms with Crippen LogP contribution in [-0.2, 0) is 6.16 Å². The summed E-state index contributed by atoms with van der Waals surface area (Å²) in [4.78, 5) is 0. The zero-order valence-corrected chi connectivity index (χ0v) is 17.2. The Kier molecular flexibility index (Phi) is 5.48. The SMILES string of the molecule is Nc1cc(Cl)ccc1C[P+](c1ccccc1)(c1ccccc1)c1ccccc1. The second-order valence-corrected chi connectivity index (χ2v) is 10.7. The van der Waals surface area contributed by atoms with E-state index in [1.807, 2.05) is 12.1 Å². The molecule has 0 aromatic heterocycles. The van der Waals surface area contributed by atoms with Gasteiger partial charge in [0.25, 0.3) is 0 Å². The Morgan fingerprint density at radius 1 is 0.607 bits per heavy atom. The Labute approximate surface area is 172 Å². The summed E-state index contributed by atoms with van der Waals surface area (Å²) in [6, 6.07) is 38.3. The van der Waals surface area contributed by atoms with Crippen molar-refractivity contribution >= 4 is 40.5 Å². The van der Waals surface area contributed by atoms with E-state index in [0.29, 0.717) is 5.02 Å². The highest BCUT2D eigenvalue weighted by molar-refractivity contribution is 7.95. The summed E-state index contributed by atoms with van der Waals surface area (Å²) in [7, 11) is -1.94. The lowest BCUT2D eigenvalue weighted by Gasteiger charge is -2.28. The van der Waals surface area contributed by atoms with Gasteiger partial charge in [0, 0.05) is 16.3 Å². The van der Waals surface area contributed by atoms with Crippen molar-refractivity contribution < 1.29 is 0 Å². The van der Waals surface area contributed by atoms with E-state index < -0.39 is 7.26 Å². The van der Waals surface area contributed by atoms with Gasteiger partial charge >= 0.3 is 0 Å². The molecular weight excluding hydrogens is 381 g/mol. The van der Waals surface area contributed by atoms with Crippen molar-refractivity contribution in [1.29, 1.82) is 0 Å². The third kappa shape index (κ3) is 3.56. The minimum Gasteiger partial charge on any atom is -0.398 e. The molecule has 0 unspecified atom stereocenters. The molecule has 0 amide bonds. The van der Waals surface area contributed by atoms with Gasteiger partial charge in [-0.05, 0) is 48.5 Å². The molecule has 28 heavy (non-hydrogen) atoms. The van der Waals surface area contributed by atoms with Crippen LogP contribution >= 0.6 is 18.9 Å². The largest absolute Gasteiger partial charge is 0.398 e. The number of halogens is 1. The monoisotopic (exact) mass is 402 g/mol. The highest BCUT2D eigenvalue weighted by Gasteiger charge is 2.45. The van der Waals surface area contributed by atoms with Crippen molar-refractivity contribution in [3.8, 4) is 0 Å². The Balaban J connectivity index is 2.01. The summed E-state index contributed by atoms with van der Waals surface area (Å²) >= 11 is 6.17. The highest BCUT2D eigenvalue weighted by atomic mass is 35.5. The molecule has 0 saturated heterocycles. The Morgan fingerprint density at radius 2 is 1.04 bits per heavy atom. The topological polar surface area (TPSA) is 26.0 Å². The van der Waals surface area contributed by atoms with Gasteiger partial charge in [0.15, 0.2) is 0 Å². The minimum absolute atomic E-state index is 0.671.